The quantitative estimate of drug-likeness (QED) is 0.0471. The number of oxime groups is 1. The summed E-state index contributed by atoms with van der Waals surface area (Å²) in [6.07, 6.45) is 1.82. The molecule has 11 heteroatoms. The van der Waals surface area contributed by atoms with Crippen molar-refractivity contribution in [1.29, 1.82) is 0 Å². The van der Waals surface area contributed by atoms with E-state index < -0.39 is 20.6 Å². The molecule has 1 atom stereocenters. The van der Waals surface area contributed by atoms with Gasteiger partial charge in [-0.05, 0) is 72.0 Å². The van der Waals surface area contributed by atoms with Gasteiger partial charge in [0.1, 0.15) is 17.9 Å². The highest BCUT2D eigenvalue weighted by molar-refractivity contribution is 8.15. The number of sulfone groups is 1. The molecule has 5 aromatic carbocycles. The fraction of sp³-hybridized carbons (Fsp3) is 0.136. The van der Waals surface area contributed by atoms with Gasteiger partial charge in [0.25, 0.3) is 5.24 Å². The van der Waals surface area contributed by atoms with Crippen molar-refractivity contribution in [2.24, 2.45) is 5.16 Å². The Morgan fingerprint density at radius 1 is 0.727 bits per heavy atom. The number of nitrogens with zero attached hydrogens (tertiary/aromatic N) is 3. The summed E-state index contributed by atoms with van der Waals surface area (Å²) < 4.78 is 31.5. The predicted octanol–water partition coefficient (Wildman–Crippen LogP) is 8.33. The maximum Gasteiger partial charge on any atom is 0.290 e. The molecule has 2 heterocycles. The average Bonchev–Trinajstić information content (AvgIpc) is 3.51. The highest BCUT2D eigenvalue weighted by Crippen LogP contribution is 2.47. The lowest BCUT2D eigenvalue weighted by atomic mass is 9.75. The van der Waals surface area contributed by atoms with Gasteiger partial charge in [0.2, 0.25) is 15.7 Å². The minimum atomic E-state index is -3.71. The van der Waals surface area contributed by atoms with Crippen molar-refractivity contribution in [3.05, 3.63) is 192 Å². The summed E-state index contributed by atoms with van der Waals surface area (Å²) >= 11 is 1.06. The molecule has 0 aliphatic carbocycles. The zero-order chi connectivity index (χ0) is 38.3. The SMILES string of the molecule is C/C(=N/OCCOc1ccc(CC2SC(=O)N(C(c3ccccc3)(c3ccccc3)c3ccccc3)C2=O)cc1)c1ccc(S(=O)(=O)c2ccccc2)nc1. The lowest BCUT2D eigenvalue weighted by Crippen LogP contribution is -2.51. The number of benzene rings is 5. The van der Waals surface area contributed by atoms with E-state index in [0.29, 0.717) is 23.4 Å². The second kappa shape index (κ2) is 16.5. The van der Waals surface area contributed by atoms with E-state index in [1.54, 1.807) is 31.2 Å². The zero-order valence-electron chi connectivity index (χ0n) is 29.9. The number of carbonyl (C=O) groups excluding carboxylic acids is 2. The van der Waals surface area contributed by atoms with Crippen LogP contribution in [0.3, 0.4) is 0 Å². The molecular formula is C44H37N3O6S2. The van der Waals surface area contributed by atoms with Gasteiger partial charge < -0.3 is 9.57 Å². The number of ether oxygens (including phenoxy) is 1. The molecule has 6 aromatic rings. The fourth-order valence-electron chi connectivity index (χ4n) is 6.62. The first-order chi connectivity index (χ1) is 26.8. The summed E-state index contributed by atoms with van der Waals surface area (Å²) in [6.45, 7) is 2.14. The first kappa shape index (κ1) is 37.3. The monoisotopic (exact) mass is 767 g/mol. The van der Waals surface area contributed by atoms with E-state index in [0.717, 1.165) is 34.0 Å². The number of thioether (sulfide) groups is 1. The molecule has 1 aliphatic rings. The number of pyridine rings is 1. The molecule has 2 amide bonds. The Morgan fingerprint density at radius 3 is 1.80 bits per heavy atom. The smallest absolute Gasteiger partial charge is 0.290 e. The first-order valence-electron chi connectivity index (χ1n) is 17.6. The van der Waals surface area contributed by atoms with Gasteiger partial charge in [0.15, 0.2) is 11.6 Å². The number of rotatable bonds is 14. The van der Waals surface area contributed by atoms with Crippen LogP contribution in [-0.2, 0) is 31.4 Å². The summed E-state index contributed by atoms with van der Waals surface area (Å²) in [5.41, 5.74) is 3.36. The molecule has 1 aromatic heterocycles. The van der Waals surface area contributed by atoms with Gasteiger partial charge >= 0.3 is 0 Å². The van der Waals surface area contributed by atoms with Crippen molar-refractivity contribution in [2.45, 2.75) is 34.1 Å². The van der Waals surface area contributed by atoms with Gasteiger partial charge in [-0.3, -0.25) is 14.5 Å². The Labute approximate surface area is 324 Å². The van der Waals surface area contributed by atoms with Crippen molar-refractivity contribution in [1.82, 2.24) is 9.88 Å². The van der Waals surface area contributed by atoms with E-state index in [4.69, 9.17) is 9.57 Å². The van der Waals surface area contributed by atoms with Gasteiger partial charge in [0, 0.05) is 11.8 Å². The Hall–Kier alpha value is -6.04. The molecule has 0 spiro atoms. The van der Waals surface area contributed by atoms with Crippen molar-refractivity contribution in [2.75, 3.05) is 13.2 Å². The summed E-state index contributed by atoms with van der Waals surface area (Å²) in [5.74, 6) is 0.371. The third-order valence-electron chi connectivity index (χ3n) is 9.30. The van der Waals surface area contributed by atoms with Crippen LogP contribution in [0.5, 0.6) is 5.75 Å². The van der Waals surface area contributed by atoms with Crippen molar-refractivity contribution in [3.63, 3.8) is 0 Å². The highest BCUT2D eigenvalue weighted by Gasteiger charge is 2.54. The summed E-state index contributed by atoms with van der Waals surface area (Å²) in [7, 11) is -3.71. The van der Waals surface area contributed by atoms with Crippen LogP contribution in [0.4, 0.5) is 4.79 Å². The molecule has 1 unspecified atom stereocenters. The van der Waals surface area contributed by atoms with E-state index in [2.05, 4.69) is 10.1 Å². The third kappa shape index (κ3) is 7.80. The lowest BCUT2D eigenvalue weighted by Gasteiger charge is -2.42. The molecule has 55 heavy (non-hydrogen) atoms. The molecule has 0 radical (unpaired) electrons. The first-order valence-corrected chi connectivity index (χ1v) is 20.0. The van der Waals surface area contributed by atoms with Crippen LogP contribution in [0.25, 0.3) is 0 Å². The van der Waals surface area contributed by atoms with Gasteiger partial charge in [0.05, 0.1) is 15.9 Å². The molecule has 276 valence electrons. The van der Waals surface area contributed by atoms with E-state index >= 15 is 0 Å². The molecule has 0 saturated carbocycles. The van der Waals surface area contributed by atoms with Crippen LogP contribution >= 0.6 is 11.8 Å². The van der Waals surface area contributed by atoms with Gasteiger partial charge in [-0.25, -0.2) is 13.4 Å². The molecule has 9 nitrogen and oxygen atoms in total. The minimum Gasteiger partial charge on any atom is -0.490 e. The third-order valence-corrected chi connectivity index (χ3v) is 12.0. The summed E-state index contributed by atoms with van der Waals surface area (Å²) in [4.78, 5) is 39.6. The van der Waals surface area contributed by atoms with Crippen molar-refractivity contribution in [3.8, 4) is 5.75 Å². The average molecular weight is 768 g/mol. The van der Waals surface area contributed by atoms with Crippen LogP contribution in [0.15, 0.2) is 179 Å². The summed E-state index contributed by atoms with van der Waals surface area (Å²) in [5, 5.41) is 3.17. The topological polar surface area (TPSA) is 115 Å². The number of aromatic nitrogens is 1. The predicted molar refractivity (Wildman–Crippen MR) is 213 cm³/mol. The molecule has 1 saturated heterocycles. The van der Waals surface area contributed by atoms with Crippen LogP contribution in [0.1, 0.15) is 34.7 Å². The second-order valence-corrected chi connectivity index (χ2v) is 15.8. The van der Waals surface area contributed by atoms with E-state index in [1.165, 1.54) is 29.3 Å². The van der Waals surface area contributed by atoms with Crippen LogP contribution < -0.4 is 4.74 Å². The number of carbonyl (C=O) groups is 2. The largest absolute Gasteiger partial charge is 0.490 e. The highest BCUT2D eigenvalue weighted by atomic mass is 32.2. The standard InChI is InChI=1S/C44H37N3O6S2/c1-32(34-24-27-41(45-31-34)55(50,51)39-20-12-5-13-21-39)46-53-29-28-52-38-25-22-33(23-26-38)30-40-42(48)47(43(49)54-40)44(35-14-6-2-7-15-35,36-16-8-3-9-17-36)37-18-10-4-11-19-37/h2-27,31,40H,28-30H2,1H3/b46-32-. The van der Waals surface area contributed by atoms with E-state index in [-0.39, 0.29) is 34.3 Å². The number of amides is 2. The van der Waals surface area contributed by atoms with E-state index in [1.807, 2.05) is 115 Å². The maximum atomic E-state index is 14.4. The molecule has 7 rings (SSSR count). The fourth-order valence-corrected chi connectivity index (χ4v) is 8.87. The molecule has 1 fully saturated rings. The Morgan fingerprint density at radius 2 is 1.27 bits per heavy atom. The second-order valence-electron chi connectivity index (χ2n) is 12.8. The lowest BCUT2D eigenvalue weighted by molar-refractivity contribution is -0.129. The molecule has 1 aliphatic heterocycles. The summed E-state index contributed by atoms with van der Waals surface area (Å²) in [6, 6.07) is 47.8. The van der Waals surface area contributed by atoms with Gasteiger partial charge in [-0.2, -0.15) is 0 Å². The molecular weight excluding hydrogens is 731 g/mol. The Balaban J connectivity index is 0.977. The van der Waals surface area contributed by atoms with E-state index in [9.17, 15) is 18.0 Å². The van der Waals surface area contributed by atoms with Gasteiger partial charge in [-0.1, -0.05) is 138 Å². The number of imide groups is 1. The van der Waals surface area contributed by atoms with Crippen molar-refractivity contribution >= 4 is 38.5 Å². The van der Waals surface area contributed by atoms with Crippen LogP contribution in [0, 0.1) is 0 Å². The molecule has 0 bridgehead atoms. The normalized spacial score (nSPS) is 14.9. The Kier molecular flexibility index (Phi) is 11.2. The zero-order valence-corrected chi connectivity index (χ0v) is 31.5. The minimum absolute atomic E-state index is 0.0455. The number of hydrogen-bond donors (Lipinski definition) is 0. The molecule has 0 N–H and O–H groups in total. The van der Waals surface area contributed by atoms with Crippen LogP contribution in [0.2, 0.25) is 0 Å². The van der Waals surface area contributed by atoms with Crippen molar-refractivity contribution < 1.29 is 27.6 Å². The number of hydrogen-bond acceptors (Lipinski definition) is 9. The maximum absolute atomic E-state index is 14.4. The van der Waals surface area contributed by atoms with Gasteiger partial charge in [-0.15, -0.1) is 0 Å². The van der Waals surface area contributed by atoms with Crippen LogP contribution in [-0.4, -0.2) is 53.6 Å². The Bertz CT molecular complexity index is 2280.